The normalized spacial score (nSPS) is 14.7. The second kappa shape index (κ2) is 8.07. The van der Waals surface area contributed by atoms with E-state index in [9.17, 15) is 9.59 Å². The van der Waals surface area contributed by atoms with E-state index in [-0.39, 0.29) is 11.3 Å². The van der Waals surface area contributed by atoms with Crippen LogP contribution >= 0.6 is 0 Å². The van der Waals surface area contributed by atoms with Gasteiger partial charge in [-0.05, 0) is 43.9 Å². The molecule has 0 atom stereocenters. The Balaban J connectivity index is 1.50. The summed E-state index contributed by atoms with van der Waals surface area (Å²) >= 11 is 0. The van der Waals surface area contributed by atoms with Crippen LogP contribution in [-0.2, 0) is 7.05 Å². The lowest BCUT2D eigenvalue weighted by Crippen LogP contribution is -2.13. The third-order valence-electron chi connectivity index (χ3n) is 5.91. The number of aromatic nitrogens is 3. The van der Waals surface area contributed by atoms with Crippen molar-refractivity contribution in [1.29, 1.82) is 0 Å². The molecule has 150 valence electrons. The van der Waals surface area contributed by atoms with Gasteiger partial charge in [0.05, 0.1) is 17.4 Å². The van der Waals surface area contributed by atoms with Crippen LogP contribution in [0.4, 0.5) is 5.69 Å². The molecule has 29 heavy (non-hydrogen) atoms. The Hall–Kier alpha value is -3.15. The van der Waals surface area contributed by atoms with Gasteiger partial charge in [-0.3, -0.25) is 9.59 Å². The molecule has 0 radical (unpaired) electrons. The summed E-state index contributed by atoms with van der Waals surface area (Å²) in [4.78, 5) is 28.5. The highest BCUT2D eigenvalue weighted by atomic mass is 16.1. The van der Waals surface area contributed by atoms with Gasteiger partial charge < -0.3 is 14.5 Å². The molecule has 6 nitrogen and oxygen atoms in total. The summed E-state index contributed by atoms with van der Waals surface area (Å²) in [6.45, 7) is 2.00. The zero-order valence-corrected chi connectivity index (χ0v) is 16.9. The van der Waals surface area contributed by atoms with Gasteiger partial charge in [0, 0.05) is 43.0 Å². The third kappa shape index (κ3) is 4.01. The van der Waals surface area contributed by atoms with Gasteiger partial charge >= 0.3 is 0 Å². The molecule has 3 aromatic rings. The maximum Gasteiger partial charge on any atom is 0.257 e. The fourth-order valence-corrected chi connectivity index (χ4v) is 4.12. The quantitative estimate of drug-likeness (QED) is 0.727. The van der Waals surface area contributed by atoms with Gasteiger partial charge in [0.2, 0.25) is 0 Å². The van der Waals surface area contributed by atoms with Crippen LogP contribution in [0.1, 0.15) is 59.8 Å². The lowest BCUT2D eigenvalue weighted by atomic mass is 9.87. The van der Waals surface area contributed by atoms with E-state index in [1.54, 1.807) is 23.2 Å². The van der Waals surface area contributed by atoms with Crippen LogP contribution in [0.3, 0.4) is 0 Å². The highest BCUT2D eigenvalue weighted by Gasteiger charge is 2.23. The van der Waals surface area contributed by atoms with Crippen molar-refractivity contribution < 1.29 is 4.79 Å². The van der Waals surface area contributed by atoms with Crippen LogP contribution in [0.25, 0.3) is 5.82 Å². The molecule has 0 spiro atoms. The summed E-state index contributed by atoms with van der Waals surface area (Å²) in [7, 11) is 2.05. The van der Waals surface area contributed by atoms with Crippen LogP contribution in [0.2, 0.25) is 0 Å². The number of nitrogens with zero attached hydrogens (tertiary/aromatic N) is 3. The average Bonchev–Trinajstić information content (AvgIpc) is 3.05. The predicted octanol–water partition coefficient (Wildman–Crippen LogP) is 4.18. The number of amides is 1. The molecule has 3 aromatic heterocycles. The first-order chi connectivity index (χ1) is 14.0. The first-order valence-corrected chi connectivity index (χ1v) is 10.2. The minimum absolute atomic E-state index is 0.0454. The summed E-state index contributed by atoms with van der Waals surface area (Å²) in [6, 6.07) is 8.66. The molecule has 1 aliphatic rings. The molecule has 1 fully saturated rings. The zero-order valence-electron chi connectivity index (χ0n) is 16.9. The fraction of sp³-hybridized carbons (Fsp3) is 0.348. The molecule has 0 aliphatic heterocycles. The van der Waals surface area contributed by atoms with E-state index >= 15 is 0 Å². The van der Waals surface area contributed by atoms with Crippen molar-refractivity contribution in [3.8, 4) is 5.82 Å². The van der Waals surface area contributed by atoms with Crippen molar-refractivity contribution in [3.63, 3.8) is 0 Å². The van der Waals surface area contributed by atoms with Gasteiger partial charge in [-0.1, -0.05) is 19.3 Å². The molecular weight excluding hydrogens is 364 g/mol. The Morgan fingerprint density at radius 3 is 2.48 bits per heavy atom. The van der Waals surface area contributed by atoms with Crippen molar-refractivity contribution in [3.05, 3.63) is 76.1 Å². The highest BCUT2D eigenvalue weighted by Crippen LogP contribution is 2.34. The van der Waals surface area contributed by atoms with E-state index in [0.717, 1.165) is 11.3 Å². The van der Waals surface area contributed by atoms with Crippen molar-refractivity contribution in [1.82, 2.24) is 14.1 Å². The topological polar surface area (TPSA) is 68.9 Å². The largest absolute Gasteiger partial charge is 0.351 e. The van der Waals surface area contributed by atoms with Gasteiger partial charge in [-0.2, -0.15) is 0 Å². The smallest absolute Gasteiger partial charge is 0.257 e. The molecule has 1 amide bonds. The molecule has 6 heteroatoms. The van der Waals surface area contributed by atoms with Gasteiger partial charge in [0.25, 0.3) is 5.91 Å². The Labute approximate surface area is 170 Å². The van der Waals surface area contributed by atoms with Crippen LogP contribution in [0.15, 0.2) is 53.7 Å². The Morgan fingerprint density at radius 2 is 1.83 bits per heavy atom. The monoisotopic (exact) mass is 390 g/mol. The molecule has 0 saturated heterocycles. The van der Waals surface area contributed by atoms with Crippen molar-refractivity contribution >= 4 is 11.6 Å². The standard InChI is InChI=1S/C23H26N4O2/c1-16-20(14-21(26(16)2)17-6-4-3-5-7-17)23(29)25-18-8-9-22(24-15-18)27-12-10-19(28)11-13-27/h8-15,17H,3-7H2,1-2H3,(H,25,29). The van der Waals surface area contributed by atoms with E-state index in [2.05, 4.69) is 28.0 Å². The summed E-state index contributed by atoms with van der Waals surface area (Å²) in [5.41, 5.74) is 3.57. The molecule has 4 rings (SSSR count). The van der Waals surface area contributed by atoms with Crippen LogP contribution in [0, 0.1) is 6.92 Å². The first-order valence-electron chi connectivity index (χ1n) is 10.2. The fourth-order valence-electron chi connectivity index (χ4n) is 4.12. The number of hydrogen-bond acceptors (Lipinski definition) is 3. The van der Waals surface area contributed by atoms with Crippen LogP contribution in [0.5, 0.6) is 0 Å². The number of pyridine rings is 2. The van der Waals surface area contributed by atoms with Crippen LogP contribution < -0.4 is 10.7 Å². The third-order valence-corrected chi connectivity index (χ3v) is 5.91. The van der Waals surface area contributed by atoms with E-state index < -0.39 is 0 Å². The molecular formula is C23H26N4O2. The van der Waals surface area contributed by atoms with Crippen LogP contribution in [-0.4, -0.2) is 20.0 Å². The molecule has 3 heterocycles. The molecule has 1 saturated carbocycles. The van der Waals surface area contributed by atoms with E-state index in [0.29, 0.717) is 17.4 Å². The number of anilines is 1. The minimum Gasteiger partial charge on any atom is -0.351 e. The van der Waals surface area contributed by atoms with Crippen molar-refractivity contribution in [2.75, 3.05) is 5.32 Å². The van der Waals surface area contributed by atoms with Gasteiger partial charge in [0.1, 0.15) is 5.82 Å². The molecule has 0 unspecified atom stereocenters. The lowest BCUT2D eigenvalue weighted by molar-refractivity contribution is 0.102. The summed E-state index contributed by atoms with van der Waals surface area (Å²) < 4.78 is 3.92. The van der Waals surface area contributed by atoms with Crippen molar-refractivity contribution in [2.24, 2.45) is 7.05 Å². The first kappa shape index (κ1) is 19.2. The SMILES string of the molecule is Cc1c(C(=O)Nc2ccc(-n3ccc(=O)cc3)nc2)cc(C2CCCCC2)n1C. The Bertz CT molecular complexity index is 1050. The van der Waals surface area contributed by atoms with E-state index in [4.69, 9.17) is 0 Å². The lowest BCUT2D eigenvalue weighted by Gasteiger charge is -2.22. The van der Waals surface area contributed by atoms with E-state index in [1.807, 2.05) is 19.1 Å². The second-order valence-corrected chi connectivity index (χ2v) is 7.76. The average molecular weight is 390 g/mol. The summed E-state index contributed by atoms with van der Waals surface area (Å²) in [5, 5.41) is 2.96. The number of carbonyl (C=O) groups excluding carboxylic acids is 1. The molecule has 0 aromatic carbocycles. The summed E-state index contributed by atoms with van der Waals surface area (Å²) in [6.07, 6.45) is 11.2. The van der Waals surface area contributed by atoms with Gasteiger partial charge in [-0.25, -0.2) is 4.98 Å². The second-order valence-electron chi connectivity index (χ2n) is 7.76. The highest BCUT2D eigenvalue weighted by molar-refractivity contribution is 6.05. The minimum atomic E-state index is -0.113. The maximum absolute atomic E-state index is 12.9. The van der Waals surface area contributed by atoms with Gasteiger partial charge in [-0.15, -0.1) is 0 Å². The Kier molecular flexibility index (Phi) is 5.34. The summed E-state index contributed by atoms with van der Waals surface area (Å²) in [5.74, 6) is 1.11. The van der Waals surface area contributed by atoms with Crippen molar-refractivity contribution in [2.45, 2.75) is 44.9 Å². The van der Waals surface area contributed by atoms with E-state index in [1.165, 1.54) is 49.9 Å². The molecule has 0 bridgehead atoms. The number of carbonyl (C=O) groups is 1. The maximum atomic E-state index is 12.9. The number of rotatable bonds is 4. The Morgan fingerprint density at radius 1 is 1.10 bits per heavy atom. The van der Waals surface area contributed by atoms with Gasteiger partial charge in [0.15, 0.2) is 5.43 Å². The molecule has 1 aliphatic carbocycles. The zero-order chi connectivity index (χ0) is 20.4. The number of hydrogen-bond donors (Lipinski definition) is 1. The molecule has 1 N–H and O–H groups in total. The number of nitrogens with one attached hydrogen (secondary N) is 1. The predicted molar refractivity (Wildman–Crippen MR) is 114 cm³/mol.